The molecule has 4 rings (SSSR count). The van der Waals surface area contributed by atoms with E-state index in [9.17, 15) is 4.79 Å². The molecule has 8 heteroatoms. The van der Waals surface area contributed by atoms with E-state index in [4.69, 9.17) is 4.42 Å². The summed E-state index contributed by atoms with van der Waals surface area (Å²) in [5, 5.41) is 9.40. The lowest BCUT2D eigenvalue weighted by Gasteiger charge is -2.36. The summed E-state index contributed by atoms with van der Waals surface area (Å²) in [4.78, 5) is 17.1. The summed E-state index contributed by atoms with van der Waals surface area (Å²) in [6.45, 7) is 8.26. The lowest BCUT2D eigenvalue weighted by atomic mass is 10.2. The number of furan rings is 1. The van der Waals surface area contributed by atoms with Crippen molar-refractivity contribution >= 4 is 23.4 Å². The number of para-hydroxylation sites is 1. The molecular weight excluding hydrogens is 398 g/mol. The molecule has 0 N–H and O–H groups in total. The first-order valence-electron chi connectivity index (χ1n) is 10.3. The zero-order valence-corrected chi connectivity index (χ0v) is 18.2. The van der Waals surface area contributed by atoms with Crippen LogP contribution in [0.25, 0.3) is 11.6 Å². The Morgan fingerprint density at radius 1 is 1.07 bits per heavy atom. The highest BCUT2D eigenvalue weighted by Crippen LogP contribution is 2.26. The van der Waals surface area contributed by atoms with Gasteiger partial charge in [0.05, 0.1) is 12.0 Å². The first-order valence-corrected chi connectivity index (χ1v) is 11.3. The normalized spacial score (nSPS) is 14.5. The van der Waals surface area contributed by atoms with Crippen molar-refractivity contribution in [2.45, 2.75) is 25.5 Å². The van der Waals surface area contributed by atoms with Crippen molar-refractivity contribution in [3.05, 3.63) is 48.7 Å². The summed E-state index contributed by atoms with van der Waals surface area (Å²) in [5.74, 6) is 2.33. The van der Waals surface area contributed by atoms with E-state index in [-0.39, 0.29) is 5.91 Å². The Kier molecular flexibility index (Phi) is 6.42. The number of benzene rings is 1. The largest absolute Gasteiger partial charge is 0.461 e. The predicted octanol–water partition coefficient (Wildman–Crippen LogP) is 3.64. The number of carbonyl (C=O) groups is 1. The van der Waals surface area contributed by atoms with Gasteiger partial charge in [0.2, 0.25) is 5.91 Å². The number of thioether (sulfide) groups is 1. The van der Waals surface area contributed by atoms with E-state index in [1.807, 2.05) is 35.2 Å². The van der Waals surface area contributed by atoms with Crippen molar-refractivity contribution in [2.75, 3.05) is 36.8 Å². The van der Waals surface area contributed by atoms with Crippen LogP contribution < -0.4 is 4.90 Å². The predicted molar refractivity (Wildman–Crippen MR) is 119 cm³/mol. The maximum Gasteiger partial charge on any atom is 0.233 e. The molecule has 0 unspecified atom stereocenters. The average molecular weight is 426 g/mol. The summed E-state index contributed by atoms with van der Waals surface area (Å²) in [5.41, 5.74) is 1.21. The third-order valence-electron chi connectivity index (χ3n) is 5.08. The molecule has 30 heavy (non-hydrogen) atoms. The van der Waals surface area contributed by atoms with E-state index < -0.39 is 0 Å². The van der Waals surface area contributed by atoms with Gasteiger partial charge in [0, 0.05) is 38.4 Å². The molecule has 0 radical (unpaired) electrons. The summed E-state index contributed by atoms with van der Waals surface area (Å²) >= 11 is 1.45. The zero-order chi connectivity index (χ0) is 20.9. The number of anilines is 1. The van der Waals surface area contributed by atoms with Crippen LogP contribution >= 0.6 is 11.8 Å². The van der Waals surface area contributed by atoms with Gasteiger partial charge >= 0.3 is 0 Å². The van der Waals surface area contributed by atoms with Crippen LogP contribution in [0, 0.1) is 5.92 Å². The fourth-order valence-electron chi connectivity index (χ4n) is 3.58. The summed E-state index contributed by atoms with van der Waals surface area (Å²) < 4.78 is 7.56. The molecule has 0 atom stereocenters. The minimum atomic E-state index is 0.145. The highest BCUT2D eigenvalue weighted by Gasteiger charge is 2.23. The maximum atomic E-state index is 12.8. The van der Waals surface area contributed by atoms with Crippen LogP contribution in [0.5, 0.6) is 0 Å². The smallest absolute Gasteiger partial charge is 0.233 e. The number of aromatic nitrogens is 3. The fourth-order valence-corrected chi connectivity index (χ4v) is 4.43. The molecule has 1 aromatic carbocycles. The Balaban J connectivity index is 1.36. The highest BCUT2D eigenvalue weighted by molar-refractivity contribution is 7.99. The SMILES string of the molecule is CC(C)Cn1c(SCC(=O)N2CCN(c3ccccc3)CC2)nnc1-c1ccco1. The average Bonchev–Trinajstić information content (AvgIpc) is 3.42. The quantitative estimate of drug-likeness (QED) is 0.539. The van der Waals surface area contributed by atoms with Crippen molar-refractivity contribution in [1.29, 1.82) is 0 Å². The molecule has 1 aliphatic rings. The first kappa shape index (κ1) is 20.5. The molecule has 158 valence electrons. The molecule has 3 heterocycles. The maximum absolute atomic E-state index is 12.8. The van der Waals surface area contributed by atoms with Gasteiger partial charge in [-0.1, -0.05) is 43.8 Å². The second-order valence-electron chi connectivity index (χ2n) is 7.78. The summed E-state index contributed by atoms with van der Waals surface area (Å²) in [6, 6.07) is 14.1. The molecule has 1 aliphatic heterocycles. The van der Waals surface area contributed by atoms with Crippen molar-refractivity contribution < 1.29 is 9.21 Å². The van der Waals surface area contributed by atoms with E-state index in [1.54, 1.807) is 6.26 Å². The lowest BCUT2D eigenvalue weighted by molar-refractivity contribution is -0.128. The molecular formula is C22H27N5O2S. The number of carbonyl (C=O) groups excluding carboxylic acids is 1. The van der Waals surface area contributed by atoms with Gasteiger partial charge < -0.3 is 14.2 Å². The third kappa shape index (κ3) is 4.70. The number of hydrogen-bond donors (Lipinski definition) is 0. The molecule has 7 nitrogen and oxygen atoms in total. The molecule has 1 saturated heterocycles. The van der Waals surface area contributed by atoms with Gasteiger partial charge in [-0.15, -0.1) is 10.2 Å². The topological polar surface area (TPSA) is 67.4 Å². The highest BCUT2D eigenvalue weighted by atomic mass is 32.2. The third-order valence-corrected chi connectivity index (χ3v) is 6.04. The van der Waals surface area contributed by atoms with Gasteiger partial charge in [0.1, 0.15) is 0 Å². The fraction of sp³-hybridized carbons (Fsp3) is 0.409. The van der Waals surface area contributed by atoms with Gasteiger partial charge in [-0.2, -0.15) is 0 Å². The molecule has 0 spiro atoms. The van der Waals surface area contributed by atoms with Crippen LogP contribution in [0.15, 0.2) is 58.3 Å². The van der Waals surface area contributed by atoms with Crippen LogP contribution in [0.2, 0.25) is 0 Å². The first-order chi connectivity index (χ1) is 14.6. The number of piperazine rings is 1. The van der Waals surface area contributed by atoms with Gasteiger partial charge in [0.25, 0.3) is 0 Å². The number of rotatable bonds is 7. The second-order valence-corrected chi connectivity index (χ2v) is 8.72. The van der Waals surface area contributed by atoms with Crippen LogP contribution in [-0.2, 0) is 11.3 Å². The van der Waals surface area contributed by atoms with Gasteiger partial charge in [-0.3, -0.25) is 9.36 Å². The minimum absolute atomic E-state index is 0.145. The van der Waals surface area contributed by atoms with Crippen LogP contribution in [-0.4, -0.2) is 57.5 Å². The van der Waals surface area contributed by atoms with Crippen LogP contribution in [0.4, 0.5) is 5.69 Å². The Labute approximate surface area is 181 Å². The lowest BCUT2D eigenvalue weighted by Crippen LogP contribution is -2.49. The Morgan fingerprint density at radius 3 is 2.50 bits per heavy atom. The summed E-state index contributed by atoms with van der Waals surface area (Å²) in [6.07, 6.45) is 1.63. The Bertz CT molecular complexity index is 947. The van der Waals surface area contributed by atoms with Gasteiger partial charge in [-0.25, -0.2) is 0 Å². The van der Waals surface area contributed by atoms with Crippen LogP contribution in [0.1, 0.15) is 13.8 Å². The number of amides is 1. The van der Waals surface area contributed by atoms with Crippen molar-refractivity contribution in [1.82, 2.24) is 19.7 Å². The molecule has 0 bridgehead atoms. The van der Waals surface area contributed by atoms with E-state index >= 15 is 0 Å². The minimum Gasteiger partial charge on any atom is -0.461 e. The number of nitrogens with zero attached hydrogens (tertiary/aromatic N) is 5. The molecule has 3 aromatic rings. The number of hydrogen-bond acceptors (Lipinski definition) is 6. The van der Waals surface area contributed by atoms with Crippen molar-refractivity contribution in [2.24, 2.45) is 5.92 Å². The van der Waals surface area contributed by atoms with Crippen molar-refractivity contribution in [3.63, 3.8) is 0 Å². The Hall–Kier alpha value is -2.74. The standard InChI is InChI=1S/C22H27N5O2S/c1-17(2)15-27-21(19-9-6-14-29-19)23-24-22(27)30-16-20(28)26-12-10-25(11-13-26)18-7-4-3-5-8-18/h3-9,14,17H,10-13,15-16H2,1-2H3. The van der Waals surface area contributed by atoms with Crippen molar-refractivity contribution in [3.8, 4) is 11.6 Å². The van der Waals surface area contributed by atoms with E-state index in [0.29, 0.717) is 23.3 Å². The Morgan fingerprint density at radius 2 is 1.83 bits per heavy atom. The van der Waals surface area contributed by atoms with Gasteiger partial charge in [-0.05, 0) is 30.2 Å². The monoisotopic (exact) mass is 425 g/mol. The molecule has 0 aliphatic carbocycles. The molecule has 1 fully saturated rings. The van der Waals surface area contributed by atoms with Gasteiger partial charge in [0.15, 0.2) is 16.7 Å². The molecule has 0 saturated carbocycles. The van der Waals surface area contributed by atoms with E-state index in [2.05, 4.69) is 45.6 Å². The zero-order valence-electron chi connectivity index (χ0n) is 17.4. The van der Waals surface area contributed by atoms with E-state index in [0.717, 1.165) is 37.9 Å². The van der Waals surface area contributed by atoms with Crippen LogP contribution in [0.3, 0.4) is 0 Å². The molecule has 2 aromatic heterocycles. The second kappa shape index (κ2) is 9.38. The summed E-state index contributed by atoms with van der Waals surface area (Å²) in [7, 11) is 0. The van der Waals surface area contributed by atoms with E-state index in [1.165, 1.54) is 17.4 Å². The molecule has 1 amide bonds.